The van der Waals surface area contributed by atoms with E-state index in [4.69, 9.17) is 4.74 Å². The Labute approximate surface area is 148 Å². The van der Waals surface area contributed by atoms with Gasteiger partial charge in [0.15, 0.2) is 0 Å². The van der Waals surface area contributed by atoms with Crippen molar-refractivity contribution in [2.24, 2.45) is 5.92 Å². The van der Waals surface area contributed by atoms with E-state index in [9.17, 15) is 0 Å². The average molecular weight is 344 g/mol. The number of aromatic nitrogens is 3. The average Bonchev–Trinajstić information content (AvgIpc) is 3.29. The Morgan fingerprint density at radius 3 is 3.12 bits per heavy atom. The lowest BCUT2D eigenvalue weighted by atomic mass is 10.1. The molecule has 4 rings (SSSR count). The molecule has 3 heterocycles. The molecular weight excluding hydrogens is 316 g/mol. The van der Waals surface area contributed by atoms with Crippen LogP contribution in [0.4, 0.5) is 5.82 Å². The first-order chi connectivity index (χ1) is 12.3. The summed E-state index contributed by atoms with van der Waals surface area (Å²) < 4.78 is 8.08. The molecule has 3 atom stereocenters. The zero-order valence-electron chi connectivity index (χ0n) is 14.9. The fourth-order valence-corrected chi connectivity index (χ4v) is 4.15. The van der Waals surface area contributed by atoms with E-state index in [2.05, 4.69) is 42.7 Å². The number of anilines is 1. The molecule has 1 saturated heterocycles. The molecule has 0 aromatic carbocycles. The number of nitrogens with zero attached hydrogens (tertiary/aromatic N) is 3. The number of ether oxygens (including phenoxy) is 1. The highest BCUT2D eigenvalue weighted by Gasteiger charge is 2.27. The summed E-state index contributed by atoms with van der Waals surface area (Å²) in [7, 11) is 1.90. The Morgan fingerprint density at radius 2 is 2.28 bits per heavy atom. The Balaban J connectivity index is 1.33. The van der Waals surface area contributed by atoms with Gasteiger partial charge in [-0.15, -0.1) is 0 Å². The van der Waals surface area contributed by atoms with Crippen molar-refractivity contribution in [3.8, 4) is 0 Å². The third-order valence-corrected chi connectivity index (χ3v) is 5.46. The van der Waals surface area contributed by atoms with Crippen LogP contribution in [-0.2, 0) is 4.74 Å². The lowest BCUT2D eigenvalue weighted by Crippen LogP contribution is -2.44. The van der Waals surface area contributed by atoms with Crippen LogP contribution in [0.1, 0.15) is 25.3 Å². The summed E-state index contributed by atoms with van der Waals surface area (Å²) in [6, 6.07) is 2.66. The highest BCUT2D eigenvalue weighted by atomic mass is 16.5. The molecule has 1 aliphatic heterocycles. The van der Waals surface area contributed by atoms with Crippen LogP contribution in [0.5, 0.6) is 0 Å². The summed E-state index contributed by atoms with van der Waals surface area (Å²) in [4.78, 5) is 8.82. The summed E-state index contributed by atoms with van der Waals surface area (Å²) in [5.74, 6) is 1.63. The van der Waals surface area contributed by atoms with E-state index in [1.807, 2.05) is 7.05 Å². The predicted molar refractivity (Wildman–Crippen MR) is 98.9 cm³/mol. The molecule has 0 bridgehead atoms. The van der Waals surface area contributed by atoms with Gasteiger partial charge >= 0.3 is 0 Å². The lowest BCUT2D eigenvalue weighted by Gasteiger charge is -2.24. The molecule has 0 radical (unpaired) electrons. The van der Waals surface area contributed by atoms with Gasteiger partial charge in [-0.2, -0.15) is 0 Å². The van der Waals surface area contributed by atoms with Crippen molar-refractivity contribution in [2.75, 3.05) is 45.2 Å². The Bertz CT molecular complexity index is 696. The molecule has 0 amide bonds. The number of morpholine rings is 1. The molecule has 1 unspecified atom stereocenters. The van der Waals surface area contributed by atoms with Gasteiger partial charge in [0.1, 0.15) is 17.8 Å². The molecule has 1 aliphatic carbocycles. The summed E-state index contributed by atoms with van der Waals surface area (Å²) in [6.07, 6.45) is 7.83. The number of rotatable bonds is 6. The summed E-state index contributed by atoms with van der Waals surface area (Å²) >= 11 is 0. The second-order valence-electron chi connectivity index (χ2n) is 7.12. The maximum absolute atomic E-state index is 5.74. The number of fused-ring (bicyclic) bond motifs is 1. The minimum atomic E-state index is 0.316. The molecule has 136 valence electrons. The molecule has 2 aromatic heterocycles. The number of nitrogens with one attached hydrogen (secondary N) is 3. The van der Waals surface area contributed by atoms with Crippen molar-refractivity contribution in [3.63, 3.8) is 0 Å². The van der Waals surface area contributed by atoms with Crippen LogP contribution in [0.15, 0.2) is 18.6 Å². The van der Waals surface area contributed by atoms with Crippen LogP contribution in [-0.4, -0.2) is 60.5 Å². The number of hydrogen-bond donors (Lipinski definition) is 3. The van der Waals surface area contributed by atoms with Gasteiger partial charge in [-0.1, -0.05) is 0 Å². The zero-order valence-corrected chi connectivity index (χ0v) is 14.9. The van der Waals surface area contributed by atoms with Crippen LogP contribution in [0.25, 0.3) is 11.0 Å². The van der Waals surface area contributed by atoms with E-state index < -0.39 is 0 Å². The van der Waals surface area contributed by atoms with Crippen molar-refractivity contribution in [1.29, 1.82) is 0 Å². The largest absolute Gasteiger partial charge is 0.374 e. The van der Waals surface area contributed by atoms with E-state index in [1.165, 1.54) is 19.3 Å². The molecule has 0 spiro atoms. The van der Waals surface area contributed by atoms with Gasteiger partial charge in [0.05, 0.1) is 18.1 Å². The topological polar surface area (TPSA) is 76.0 Å². The standard InChI is InChI=1S/C18H28N6O/c1-19-17-16-4-6-24(18(16)23-12-22-17)14-3-2-13(8-14)9-21-11-15-10-20-5-7-25-15/h4,6,12-15,20-21H,2-3,5,7-11H2,1H3,(H,19,22,23)/t13-,14-,15?/m0/s1. The van der Waals surface area contributed by atoms with E-state index in [0.717, 1.165) is 55.6 Å². The van der Waals surface area contributed by atoms with Gasteiger partial charge in [-0.05, 0) is 37.8 Å². The minimum Gasteiger partial charge on any atom is -0.374 e. The molecule has 2 aromatic rings. The third-order valence-electron chi connectivity index (χ3n) is 5.46. The highest BCUT2D eigenvalue weighted by Crippen LogP contribution is 2.36. The van der Waals surface area contributed by atoms with Gasteiger partial charge in [0.2, 0.25) is 0 Å². The molecule has 7 heteroatoms. The van der Waals surface area contributed by atoms with Crippen molar-refractivity contribution in [1.82, 2.24) is 25.2 Å². The van der Waals surface area contributed by atoms with Crippen molar-refractivity contribution < 1.29 is 4.74 Å². The van der Waals surface area contributed by atoms with E-state index in [1.54, 1.807) is 6.33 Å². The monoisotopic (exact) mass is 344 g/mol. The van der Waals surface area contributed by atoms with E-state index >= 15 is 0 Å². The quantitative estimate of drug-likeness (QED) is 0.735. The van der Waals surface area contributed by atoms with Crippen molar-refractivity contribution in [2.45, 2.75) is 31.4 Å². The summed E-state index contributed by atoms with van der Waals surface area (Å²) in [5, 5.41) is 11.2. The van der Waals surface area contributed by atoms with Crippen molar-refractivity contribution in [3.05, 3.63) is 18.6 Å². The smallest absolute Gasteiger partial charge is 0.145 e. The van der Waals surface area contributed by atoms with Gasteiger partial charge in [0.25, 0.3) is 0 Å². The second kappa shape index (κ2) is 7.68. The van der Waals surface area contributed by atoms with E-state index in [0.29, 0.717) is 12.1 Å². The predicted octanol–water partition coefficient (Wildman–Crippen LogP) is 1.39. The second-order valence-corrected chi connectivity index (χ2v) is 7.12. The molecule has 2 aliphatic rings. The van der Waals surface area contributed by atoms with Crippen LogP contribution in [0, 0.1) is 5.92 Å². The van der Waals surface area contributed by atoms with Crippen molar-refractivity contribution >= 4 is 16.9 Å². The van der Waals surface area contributed by atoms with Crippen LogP contribution >= 0.6 is 0 Å². The fraction of sp³-hybridized carbons (Fsp3) is 0.667. The Hall–Kier alpha value is -1.70. The maximum atomic E-state index is 5.74. The Kier molecular flexibility index (Phi) is 5.14. The van der Waals surface area contributed by atoms with Gasteiger partial charge in [-0.25, -0.2) is 9.97 Å². The Morgan fingerprint density at radius 1 is 1.32 bits per heavy atom. The molecule has 2 fully saturated rings. The fourth-order valence-electron chi connectivity index (χ4n) is 4.15. The van der Waals surface area contributed by atoms with Crippen LogP contribution < -0.4 is 16.0 Å². The van der Waals surface area contributed by atoms with Crippen LogP contribution in [0.3, 0.4) is 0 Å². The summed E-state index contributed by atoms with van der Waals surface area (Å²) in [5.41, 5.74) is 1.04. The molecule has 25 heavy (non-hydrogen) atoms. The highest BCUT2D eigenvalue weighted by molar-refractivity contribution is 5.87. The van der Waals surface area contributed by atoms with Gasteiger partial charge in [0, 0.05) is 38.9 Å². The third kappa shape index (κ3) is 3.63. The molecule has 1 saturated carbocycles. The van der Waals surface area contributed by atoms with E-state index in [-0.39, 0.29) is 0 Å². The first kappa shape index (κ1) is 16.8. The molecule has 7 nitrogen and oxygen atoms in total. The SMILES string of the molecule is CNc1ncnc2c1ccn2[C@H]1CC[C@H](CNCC2CNCCO2)C1. The van der Waals surface area contributed by atoms with Gasteiger partial charge in [-0.3, -0.25) is 0 Å². The first-order valence-electron chi connectivity index (χ1n) is 9.37. The molecular formula is C18H28N6O. The van der Waals surface area contributed by atoms with Crippen LogP contribution in [0.2, 0.25) is 0 Å². The summed E-state index contributed by atoms with van der Waals surface area (Å²) in [6.45, 7) is 4.79. The normalized spacial score (nSPS) is 27.0. The molecule has 3 N–H and O–H groups in total. The maximum Gasteiger partial charge on any atom is 0.145 e. The first-order valence-corrected chi connectivity index (χ1v) is 9.37. The number of hydrogen-bond acceptors (Lipinski definition) is 6. The zero-order chi connectivity index (χ0) is 17.1. The minimum absolute atomic E-state index is 0.316. The lowest BCUT2D eigenvalue weighted by molar-refractivity contribution is 0.0288. The van der Waals surface area contributed by atoms with Gasteiger partial charge < -0.3 is 25.3 Å².